The molecule has 0 unspecified atom stereocenters. The van der Waals surface area contributed by atoms with Crippen molar-refractivity contribution in [3.63, 3.8) is 0 Å². The number of rotatable bonds is 5. The first kappa shape index (κ1) is 12.6. The summed E-state index contributed by atoms with van der Waals surface area (Å²) < 4.78 is 0.745. The highest BCUT2D eigenvalue weighted by molar-refractivity contribution is 14.1. The standard InChI is InChI=1S/C12H15IN2O2/c13-10-4-1-8(7-11(10)16)12(17)15-6-5-14-9-2-3-9/h1,4,7,9,14,16H,2-3,5-6H2,(H,15,17). The molecule has 4 nitrogen and oxygen atoms in total. The highest BCUT2D eigenvalue weighted by atomic mass is 127. The summed E-state index contributed by atoms with van der Waals surface area (Å²) in [5, 5.41) is 15.6. The van der Waals surface area contributed by atoms with Crippen molar-refractivity contribution < 1.29 is 9.90 Å². The van der Waals surface area contributed by atoms with Crippen LogP contribution < -0.4 is 10.6 Å². The molecule has 92 valence electrons. The Kier molecular flexibility index (Phi) is 4.22. The topological polar surface area (TPSA) is 61.4 Å². The molecule has 1 aliphatic carbocycles. The van der Waals surface area contributed by atoms with E-state index in [1.54, 1.807) is 12.1 Å². The van der Waals surface area contributed by atoms with Gasteiger partial charge in [-0.1, -0.05) is 0 Å². The number of benzene rings is 1. The molecular weight excluding hydrogens is 331 g/mol. The van der Waals surface area contributed by atoms with Crippen molar-refractivity contribution in [3.05, 3.63) is 27.3 Å². The second-order valence-corrected chi connectivity index (χ2v) is 5.31. The van der Waals surface area contributed by atoms with Gasteiger partial charge in [-0.15, -0.1) is 0 Å². The van der Waals surface area contributed by atoms with Gasteiger partial charge < -0.3 is 15.7 Å². The Hall–Kier alpha value is -0.820. The third-order valence-corrected chi connectivity index (χ3v) is 3.54. The van der Waals surface area contributed by atoms with Crippen molar-refractivity contribution in [2.24, 2.45) is 0 Å². The summed E-state index contributed by atoms with van der Waals surface area (Å²) in [7, 11) is 0. The summed E-state index contributed by atoms with van der Waals surface area (Å²) in [5.41, 5.74) is 0.495. The number of nitrogens with one attached hydrogen (secondary N) is 2. The van der Waals surface area contributed by atoms with Crippen LogP contribution in [0.4, 0.5) is 0 Å². The van der Waals surface area contributed by atoms with Crippen LogP contribution >= 0.6 is 22.6 Å². The van der Waals surface area contributed by atoms with Gasteiger partial charge in [0.1, 0.15) is 5.75 Å². The minimum absolute atomic E-state index is 0.144. The second kappa shape index (κ2) is 5.68. The molecule has 17 heavy (non-hydrogen) atoms. The molecule has 0 atom stereocenters. The molecular formula is C12H15IN2O2. The van der Waals surface area contributed by atoms with Crippen LogP contribution in [0.2, 0.25) is 0 Å². The van der Waals surface area contributed by atoms with Crippen molar-refractivity contribution in [2.45, 2.75) is 18.9 Å². The fourth-order valence-corrected chi connectivity index (χ4v) is 1.83. The number of carbonyl (C=O) groups is 1. The van der Waals surface area contributed by atoms with Gasteiger partial charge in [-0.25, -0.2) is 0 Å². The Bertz CT molecular complexity index is 419. The Morgan fingerprint density at radius 2 is 2.18 bits per heavy atom. The first-order chi connectivity index (χ1) is 8.16. The number of halogens is 1. The van der Waals surface area contributed by atoms with Crippen LogP contribution in [0.25, 0.3) is 0 Å². The predicted molar refractivity (Wildman–Crippen MR) is 74.2 cm³/mol. The molecule has 5 heteroatoms. The van der Waals surface area contributed by atoms with Crippen LogP contribution in [-0.4, -0.2) is 30.1 Å². The van der Waals surface area contributed by atoms with E-state index in [4.69, 9.17) is 0 Å². The molecule has 0 spiro atoms. The fourth-order valence-electron chi connectivity index (χ4n) is 1.50. The number of carbonyl (C=O) groups excluding carboxylic acids is 1. The largest absolute Gasteiger partial charge is 0.507 e. The maximum atomic E-state index is 11.7. The van der Waals surface area contributed by atoms with Crippen LogP contribution in [0, 0.1) is 3.57 Å². The van der Waals surface area contributed by atoms with E-state index in [-0.39, 0.29) is 11.7 Å². The lowest BCUT2D eigenvalue weighted by Crippen LogP contribution is -2.32. The van der Waals surface area contributed by atoms with Gasteiger partial charge in [0.2, 0.25) is 0 Å². The number of amides is 1. The van der Waals surface area contributed by atoms with E-state index in [9.17, 15) is 9.90 Å². The minimum atomic E-state index is -0.144. The van der Waals surface area contributed by atoms with Crippen molar-refractivity contribution >= 4 is 28.5 Å². The summed E-state index contributed by atoms with van der Waals surface area (Å²) in [5.74, 6) is 0.00338. The van der Waals surface area contributed by atoms with E-state index < -0.39 is 0 Å². The molecule has 0 saturated heterocycles. The Morgan fingerprint density at radius 3 is 2.82 bits per heavy atom. The molecule has 1 saturated carbocycles. The summed E-state index contributed by atoms with van der Waals surface area (Å²) in [4.78, 5) is 11.7. The first-order valence-corrected chi connectivity index (χ1v) is 6.75. The smallest absolute Gasteiger partial charge is 0.251 e. The fraction of sp³-hybridized carbons (Fsp3) is 0.417. The third-order valence-electron chi connectivity index (χ3n) is 2.63. The lowest BCUT2D eigenvalue weighted by molar-refractivity contribution is 0.0953. The number of hydrogen-bond donors (Lipinski definition) is 3. The van der Waals surface area contributed by atoms with Crippen LogP contribution in [0.1, 0.15) is 23.2 Å². The molecule has 0 aromatic heterocycles. The van der Waals surface area contributed by atoms with Crippen LogP contribution in [0.3, 0.4) is 0 Å². The number of phenolic OH excluding ortho intramolecular Hbond substituents is 1. The molecule has 0 radical (unpaired) electrons. The van der Waals surface area contributed by atoms with Crippen LogP contribution in [-0.2, 0) is 0 Å². The lowest BCUT2D eigenvalue weighted by Gasteiger charge is -2.06. The highest BCUT2D eigenvalue weighted by Crippen LogP contribution is 2.20. The SMILES string of the molecule is O=C(NCCNC1CC1)c1ccc(I)c(O)c1. The summed E-state index contributed by atoms with van der Waals surface area (Å²) in [6.07, 6.45) is 2.50. The Morgan fingerprint density at radius 1 is 1.41 bits per heavy atom. The predicted octanol–water partition coefficient (Wildman–Crippen LogP) is 1.48. The molecule has 1 aromatic carbocycles. The molecule has 0 bridgehead atoms. The van der Waals surface area contributed by atoms with E-state index in [2.05, 4.69) is 10.6 Å². The molecule has 1 aliphatic rings. The van der Waals surface area contributed by atoms with E-state index in [1.807, 2.05) is 22.6 Å². The van der Waals surface area contributed by atoms with Gasteiger partial charge in [-0.2, -0.15) is 0 Å². The summed E-state index contributed by atoms with van der Waals surface area (Å²) in [6, 6.07) is 5.60. The first-order valence-electron chi connectivity index (χ1n) is 5.67. The summed E-state index contributed by atoms with van der Waals surface area (Å²) in [6.45, 7) is 1.41. The van der Waals surface area contributed by atoms with Gasteiger partial charge in [0, 0.05) is 24.7 Å². The quantitative estimate of drug-likeness (QED) is 0.559. The molecule has 1 amide bonds. The zero-order valence-corrected chi connectivity index (χ0v) is 11.5. The lowest BCUT2D eigenvalue weighted by atomic mass is 10.2. The number of phenols is 1. The molecule has 1 aromatic rings. The average molecular weight is 346 g/mol. The molecule has 0 heterocycles. The minimum Gasteiger partial charge on any atom is -0.507 e. The Labute approximate surface area is 114 Å². The van der Waals surface area contributed by atoms with Gasteiger partial charge in [0.05, 0.1) is 3.57 Å². The zero-order valence-electron chi connectivity index (χ0n) is 9.37. The van der Waals surface area contributed by atoms with Crippen molar-refractivity contribution in [3.8, 4) is 5.75 Å². The molecule has 1 fully saturated rings. The summed E-state index contributed by atoms with van der Waals surface area (Å²) >= 11 is 2.02. The van der Waals surface area contributed by atoms with Gasteiger partial charge in [0.15, 0.2) is 0 Å². The van der Waals surface area contributed by atoms with E-state index >= 15 is 0 Å². The van der Waals surface area contributed by atoms with E-state index in [1.165, 1.54) is 18.9 Å². The van der Waals surface area contributed by atoms with Gasteiger partial charge in [-0.3, -0.25) is 4.79 Å². The van der Waals surface area contributed by atoms with Crippen molar-refractivity contribution in [1.29, 1.82) is 0 Å². The Balaban J connectivity index is 1.79. The van der Waals surface area contributed by atoms with Crippen molar-refractivity contribution in [2.75, 3.05) is 13.1 Å². The molecule has 3 N–H and O–H groups in total. The van der Waals surface area contributed by atoms with Crippen LogP contribution in [0.15, 0.2) is 18.2 Å². The number of hydrogen-bond acceptors (Lipinski definition) is 3. The van der Waals surface area contributed by atoms with Gasteiger partial charge in [0.25, 0.3) is 5.91 Å². The van der Waals surface area contributed by atoms with Gasteiger partial charge >= 0.3 is 0 Å². The highest BCUT2D eigenvalue weighted by Gasteiger charge is 2.19. The van der Waals surface area contributed by atoms with Gasteiger partial charge in [-0.05, 0) is 53.6 Å². The normalized spacial score (nSPS) is 14.6. The van der Waals surface area contributed by atoms with Crippen LogP contribution in [0.5, 0.6) is 5.75 Å². The molecule has 0 aliphatic heterocycles. The maximum absolute atomic E-state index is 11.7. The maximum Gasteiger partial charge on any atom is 0.251 e. The van der Waals surface area contributed by atoms with E-state index in [0.717, 1.165) is 10.1 Å². The third kappa shape index (κ3) is 3.85. The second-order valence-electron chi connectivity index (χ2n) is 4.15. The average Bonchev–Trinajstić information content (AvgIpc) is 3.12. The van der Waals surface area contributed by atoms with E-state index in [0.29, 0.717) is 18.2 Å². The zero-order chi connectivity index (χ0) is 12.3. The van der Waals surface area contributed by atoms with Crippen molar-refractivity contribution in [1.82, 2.24) is 10.6 Å². The number of aromatic hydroxyl groups is 1. The monoisotopic (exact) mass is 346 g/mol. The molecule has 2 rings (SSSR count).